The SMILES string of the molecule is CCCNC(=O)CN1C[C@H](c2ccc(OC)cc2)[C@H](C(=O)O)[C@H]1c1ccc(OC)cc1. The summed E-state index contributed by atoms with van der Waals surface area (Å²) < 4.78 is 10.5. The average molecular weight is 427 g/mol. The maximum Gasteiger partial charge on any atom is 0.309 e. The molecule has 0 saturated carbocycles. The average Bonchev–Trinajstić information content (AvgIpc) is 3.17. The van der Waals surface area contributed by atoms with Crippen molar-refractivity contribution < 1.29 is 24.2 Å². The molecule has 3 atom stereocenters. The molecule has 0 spiro atoms. The minimum atomic E-state index is -0.877. The number of aliphatic carboxylic acids is 1. The lowest BCUT2D eigenvalue weighted by atomic mass is 9.83. The van der Waals surface area contributed by atoms with E-state index in [0.717, 1.165) is 23.3 Å². The van der Waals surface area contributed by atoms with Gasteiger partial charge < -0.3 is 19.9 Å². The summed E-state index contributed by atoms with van der Waals surface area (Å²) in [6.07, 6.45) is 0.847. The zero-order chi connectivity index (χ0) is 22.4. The first-order chi connectivity index (χ1) is 15.0. The van der Waals surface area contributed by atoms with Crippen LogP contribution < -0.4 is 14.8 Å². The van der Waals surface area contributed by atoms with Gasteiger partial charge in [0.25, 0.3) is 0 Å². The van der Waals surface area contributed by atoms with Gasteiger partial charge in [0.05, 0.1) is 26.7 Å². The van der Waals surface area contributed by atoms with E-state index in [2.05, 4.69) is 5.32 Å². The number of nitrogens with one attached hydrogen (secondary N) is 1. The first-order valence-electron chi connectivity index (χ1n) is 10.5. The molecule has 2 aromatic rings. The van der Waals surface area contributed by atoms with E-state index < -0.39 is 17.9 Å². The number of carbonyl (C=O) groups excluding carboxylic acids is 1. The number of nitrogens with zero attached hydrogens (tertiary/aromatic N) is 1. The normalized spacial score (nSPS) is 20.9. The Morgan fingerprint density at radius 3 is 2.03 bits per heavy atom. The standard InChI is InChI=1S/C24H30N2O5/c1-4-13-25-21(27)15-26-14-20(16-5-9-18(30-2)10-6-16)22(24(28)29)23(26)17-7-11-19(31-3)12-8-17/h5-12,20,22-23H,4,13-15H2,1-3H3,(H,25,27)(H,28,29)/t20-,22+,23-/m1/s1. The van der Waals surface area contributed by atoms with E-state index in [4.69, 9.17) is 9.47 Å². The van der Waals surface area contributed by atoms with Gasteiger partial charge in [0, 0.05) is 25.0 Å². The first kappa shape index (κ1) is 22.6. The van der Waals surface area contributed by atoms with E-state index in [1.165, 1.54) is 0 Å². The molecule has 1 aliphatic heterocycles. The Bertz CT molecular complexity index is 882. The maximum absolute atomic E-state index is 12.5. The van der Waals surface area contributed by atoms with E-state index in [9.17, 15) is 14.7 Å². The second-order valence-electron chi connectivity index (χ2n) is 7.74. The zero-order valence-corrected chi connectivity index (χ0v) is 18.2. The van der Waals surface area contributed by atoms with Crippen LogP contribution in [0.5, 0.6) is 11.5 Å². The van der Waals surface area contributed by atoms with Crippen molar-refractivity contribution in [1.29, 1.82) is 0 Å². The van der Waals surface area contributed by atoms with Crippen LogP contribution in [0, 0.1) is 5.92 Å². The van der Waals surface area contributed by atoms with Crippen LogP contribution in [0.2, 0.25) is 0 Å². The largest absolute Gasteiger partial charge is 0.497 e. The Kier molecular flexibility index (Phi) is 7.52. The first-order valence-corrected chi connectivity index (χ1v) is 10.5. The van der Waals surface area contributed by atoms with Gasteiger partial charge in [0.1, 0.15) is 11.5 Å². The molecule has 0 radical (unpaired) electrons. The molecule has 0 aliphatic carbocycles. The Labute approximate surface area is 183 Å². The predicted octanol–water partition coefficient (Wildman–Crippen LogP) is 3.07. The van der Waals surface area contributed by atoms with Crippen molar-refractivity contribution in [2.75, 3.05) is 33.9 Å². The van der Waals surface area contributed by atoms with Crippen molar-refractivity contribution in [3.8, 4) is 11.5 Å². The molecule has 7 heteroatoms. The number of carboxylic acid groups (broad SMARTS) is 1. The molecule has 2 aromatic carbocycles. The molecule has 1 aliphatic rings. The third kappa shape index (κ3) is 5.17. The Balaban J connectivity index is 1.97. The third-order valence-electron chi connectivity index (χ3n) is 5.80. The van der Waals surface area contributed by atoms with Crippen LogP contribution in [-0.4, -0.2) is 55.7 Å². The van der Waals surface area contributed by atoms with Crippen LogP contribution in [0.4, 0.5) is 0 Å². The molecule has 1 heterocycles. The number of hydrogen-bond acceptors (Lipinski definition) is 5. The highest BCUT2D eigenvalue weighted by Gasteiger charge is 2.47. The minimum absolute atomic E-state index is 0.0973. The van der Waals surface area contributed by atoms with Crippen molar-refractivity contribution >= 4 is 11.9 Å². The van der Waals surface area contributed by atoms with Crippen molar-refractivity contribution in [1.82, 2.24) is 10.2 Å². The second-order valence-corrected chi connectivity index (χ2v) is 7.74. The summed E-state index contributed by atoms with van der Waals surface area (Å²) in [6, 6.07) is 14.5. The van der Waals surface area contributed by atoms with Crippen LogP contribution >= 0.6 is 0 Å². The van der Waals surface area contributed by atoms with Gasteiger partial charge in [-0.2, -0.15) is 0 Å². The number of carbonyl (C=O) groups is 2. The molecule has 0 bridgehead atoms. The predicted molar refractivity (Wildman–Crippen MR) is 117 cm³/mol. The van der Waals surface area contributed by atoms with Crippen molar-refractivity contribution in [2.24, 2.45) is 5.92 Å². The van der Waals surface area contributed by atoms with Gasteiger partial charge in [-0.3, -0.25) is 14.5 Å². The topological polar surface area (TPSA) is 88.1 Å². The highest BCUT2D eigenvalue weighted by Crippen LogP contribution is 2.46. The zero-order valence-electron chi connectivity index (χ0n) is 18.2. The van der Waals surface area contributed by atoms with Crippen LogP contribution in [0.15, 0.2) is 48.5 Å². The van der Waals surface area contributed by atoms with Crippen LogP contribution in [0.25, 0.3) is 0 Å². The highest BCUT2D eigenvalue weighted by atomic mass is 16.5. The highest BCUT2D eigenvalue weighted by molar-refractivity contribution is 5.79. The van der Waals surface area contributed by atoms with E-state index >= 15 is 0 Å². The molecule has 1 fully saturated rings. The summed E-state index contributed by atoms with van der Waals surface area (Å²) in [7, 11) is 3.19. The number of rotatable bonds is 9. The van der Waals surface area contributed by atoms with Crippen LogP contribution in [0.1, 0.15) is 36.4 Å². The third-order valence-corrected chi connectivity index (χ3v) is 5.80. The van der Waals surface area contributed by atoms with E-state index in [0.29, 0.717) is 18.8 Å². The summed E-state index contributed by atoms with van der Waals surface area (Å²) in [4.78, 5) is 26.9. The number of hydrogen-bond donors (Lipinski definition) is 2. The summed E-state index contributed by atoms with van der Waals surface area (Å²) in [5, 5.41) is 13.1. The molecule has 1 amide bonds. The van der Waals surface area contributed by atoms with Gasteiger partial charge >= 0.3 is 5.97 Å². The minimum Gasteiger partial charge on any atom is -0.497 e. The smallest absolute Gasteiger partial charge is 0.309 e. The van der Waals surface area contributed by atoms with E-state index in [-0.39, 0.29) is 18.4 Å². The lowest BCUT2D eigenvalue weighted by Crippen LogP contribution is -2.38. The monoisotopic (exact) mass is 426 g/mol. The molecule has 3 rings (SSSR count). The molecule has 2 N–H and O–H groups in total. The van der Waals surface area contributed by atoms with Crippen molar-refractivity contribution in [2.45, 2.75) is 25.3 Å². The Hall–Kier alpha value is -3.06. The van der Waals surface area contributed by atoms with Crippen LogP contribution in [-0.2, 0) is 9.59 Å². The molecular formula is C24H30N2O5. The quantitative estimate of drug-likeness (QED) is 0.641. The lowest BCUT2D eigenvalue weighted by Gasteiger charge is -2.27. The Morgan fingerprint density at radius 2 is 1.55 bits per heavy atom. The van der Waals surface area contributed by atoms with E-state index in [1.807, 2.05) is 60.4 Å². The van der Waals surface area contributed by atoms with Gasteiger partial charge in [0.2, 0.25) is 5.91 Å². The van der Waals surface area contributed by atoms with Gasteiger partial charge in [-0.15, -0.1) is 0 Å². The fraction of sp³-hybridized carbons (Fsp3) is 0.417. The molecular weight excluding hydrogens is 396 g/mol. The summed E-state index contributed by atoms with van der Waals surface area (Å²) in [5.41, 5.74) is 1.77. The molecule has 166 valence electrons. The second kappa shape index (κ2) is 10.3. The number of likely N-dealkylation sites (tertiary alicyclic amines) is 1. The Morgan fingerprint density at radius 1 is 1.00 bits per heavy atom. The van der Waals surface area contributed by atoms with Gasteiger partial charge in [-0.1, -0.05) is 31.2 Å². The van der Waals surface area contributed by atoms with Gasteiger partial charge in [-0.25, -0.2) is 0 Å². The summed E-state index contributed by atoms with van der Waals surface area (Å²) >= 11 is 0. The molecule has 1 saturated heterocycles. The number of carboxylic acids is 1. The molecule has 7 nitrogen and oxygen atoms in total. The number of methoxy groups -OCH3 is 2. The number of ether oxygens (including phenoxy) is 2. The summed E-state index contributed by atoms with van der Waals surface area (Å²) in [5.74, 6) is -0.503. The van der Waals surface area contributed by atoms with E-state index in [1.54, 1.807) is 14.2 Å². The van der Waals surface area contributed by atoms with Gasteiger partial charge in [-0.05, 0) is 41.8 Å². The lowest BCUT2D eigenvalue weighted by molar-refractivity contribution is -0.143. The molecule has 31 heavy (non-hydrogen) atoms. The maximum atomic E-state index is 12.5. The molecule has 0 aromatic heterocycles. The fourth-order valence-electron chi connectivity index (χ4n) is 4.28. The van der Waals surface area contributed by atoms with Crippen molar-refractivity contribution in [3.63, 3.8) is 0 Å². The van der Waals surface area contributed by atoms with Crippen LogP contribution in [0.3, 0.4) is 0 Å². The van der Waals surface area contributed by atoms with Crippen molar-refractivity contribution in [3.05, 3.63) is 59.7 Å². The number of amides is 1. The van der Waals surface area contributed by atoms with Gasteiger partial charge in [0.15, 0.2) is 0 Å². The summed E-state index contributed by atoms with van der Waals surface area (Å²) in [6.45, 7) is 3.22. The number of benzene rings is 2. The fourth-order valence-corrected chi connectivity index (χ4v) is 4.28. The molecule has 0 unspecified atom stereocenters.